The third-order valence-electron chi connectivity index (χ3n) is 6.18. The molecule has 0 amide bonds. The Morgan fingerprint density at radius 2 is 1.78 bits per heavy atom. The van der Waals surface area contributed by atoms with Crippen LogP contribution in [0.5, 0.6) is 0 Å². The van der Waals surface area contributed by atoms with E-state index in [1.54, 1.807) is 14.2 Å². The normalized spacial score (nSPS) is 47.2. The van der Waals surface area contributed by atoms with Gasteiger partial charge in [0.05, 0.1) is 24.4 Å². The second-order valence-corrected chi connectivity index (χ2v) is 7.38. The van der Waals surface area contributed by atoms with E-state index >= 15 is 0 Å². The van der Waals surface area contributed by atoms with Crippen LogP contribution in [-0.2, 0) is 18.9 Å². The van der Waals surface area contributed by atoms with Crippen molar-refractivity contribution in [2.45, 2.75) is 62.9 Å². The van der Waals surface area contributed by atoms with Crippen LogP contribution >= 0.6 is 0 Å². The van der Waals surface area contributed by atoms with E-state index < -0.39 is 0 Å². The minimum absolute atomic E-state index is 0.0830. The van der Waals surface area contributed by atoms with Crippen LogP contribution < -0.4 is 0 Å². The molecular formula is C18H31NO4. The maximum absolute atomic E-state index is 6.33. The number of fused-ring (bicyclic) bond motifs is 2. The summed E-state index contributed by atoms with van der Waals surface area (Å²) in [6.07, 6.45) is 3.71. The number of nitrogens with zero attached hydrogens (tertiary/aromatic N) is 1. The fourth-order valence-corrected chi connectivity index (χ4v) is 5.07. The van der Waals surface area contributed by atoms with Crippen molar-refractivity contribution in [3.63, 3.8) is 0 Å². The Morgan fingerprint density at radius 1 is 1.04 bits per heavy atom. The van der Waals surface area contributed by atoms with Crippen LogP contribution in [0.2, 0.25) is 0 Å². The first-order valence-electron chi connectivity index (χ1n) is 8.63. The lowest BCUT2D eigenvalue weighted by Crippen LogP contribution is -2.65. The molecule has 23 heavy (non-hydrogen) atoms. The molecule has 2 aliphatic heterocycles. The topological polar surface area (TPSA) is 40.2 Å². The molecule has 1 saturated carbocycles. The molecule has 0 N–H and O–H groups in total. The van der Waals surface area contributed by atoms with Gasteiger partial charge in [0.25, 0.3) is 0 Å². The number of hydrogen-bond acceptors (Lipinski definition) is 5. The Hall–Kier alpha value is -0.460. The molecule has 132 valence electrons. The monoisotopic (exact) mass is 325 g/mol. The number of hydrogen-bond donors (Lipinski definition) is 0. The van der Waals surface area contributed by atoms with E-state index in [1.165, 1.54) is 0 Å². The van der Waals surface area contributed by atoms with E-state index in [0.29, 0.717) is 17.9 Å². The number of methoxy groups -OCH3 is 3. The lowest BCUT2D eigenvalue weighted by Gasteiger charge is -2.54. The van der Waals surface area contributed by atoms with Gasteiger partial charge in [-0.25, -0.2) is 0 Å². The van der Waals surface area contributed by atoms with Gasteiger partial charge >= 0.3 is 0 Å². The maximum Gasteiger partial charge on any atom is 0.116 e. The average molecular weight is 325 g/mol. The molecule has 3 fully saturated rings. The lowest BCUT2D eigenvalue weighted by atomic mass is 9.69. The van der Waals surface area contributed by atoms with Gasteiger partial charge < -0.3 is 18.9 Å². The van der Waals surface area contributed by atoms with Crippen LogP contribution in [-0.4, -0.2) is 70.0 Å². The highest BCUT2D eigenvalue weighted by Crippen LogP contribution is 2.48. The van der Waals surface area contributed by atoms with Crippen LogP contribution in [0.25, 0.3) is 0 Å². The third-order valence-corrected chi connectivity index (χ3v) is 6.18. The van der Waals surface area contributed by atoms with Crippen molar-refractivity contribution in [1.29, 1.82) is 0 Å². The summed E-state index contributed by atoms with van der Waals surface area (Å²) >= 11 is 0. The minimum Gasteiger partial charge on any atom is -0.381 e. The molecule has 0 radical (unpaired) electrons. The Labute approximate surface area is 139 Å². The van der Waals surface area contributed by atoms with Gasteiger partial charge in [0, 0.05) is 45.6 Å². The van der Waals surface area contributed by atoms with Crippen LogP contribution in [0.3, 0.4) is 0 Å². The summed E-state index contributed by atoms with van der Waals surface area (Å²) in [7, 11) is 7.59. The van der Waals surface area contributed by atoms with Gasteiger partial charge in [-0.05, 0) is 26.8 Å². The molecule has 0 aromatic carbocycles. The van der Waals surface area contributed by atoms with Gasteiger partial charge in [0.1, 0.15) is 6.23 Å². The first-order valence-corrected chi connectivity index (χ1v) is 8.63. The lowest BCUT2D eigenvalue weighted by molar-refractivity contribution is -0.206. The Balaban J connectivity index is 1.90. The van der Waals surface area contributed by atoms with Crippen molar-refractivity contribution < 1.29 is 18.9 Å². The zero-order chi connectivity index (χ0) is 16.7. The molecule has 0 aromatic rings. The van der Waals surface area contributed by atoms with Crippen LogP contribution in [0.4, 0.5) is 0 Å². The van der Waals surface area contributed by atoms with E-state index in [1.807, 2.05) is 7.11 Å². The minimum atomic E-state index is 0.0830. The quantitative estimate of drug-likeness (QED) is 0.740. The summed E-state index contributed by atoms with van der Waals surface area (Å²) in [4.78, 5) is 2.38. The highest BCUT2D eigenvalue weighted by Gasteiger charge is 2.57. The average Bonchev–Trinajstić information content (AvgIpc) is 2.99. The van der Waals surface area contributed by atoms with Crippen molar-refractivity contribution in [3.8, 4) is 0 Å². The number of ether oxygens (including phenoxy) is 4. The van der Waals surface area contributed by atoms with E-state index in [-0.39, 0.29) is 30.6 Å². The molecule has 5 heteroatoms. The summed E-state index contributed by atoms with van der Waals surface area (Å²) in [6, 6.07) is 0.307. The van der Waals surface area contributed by atoms with Crippen molar-refractivity contribution in [3.05, 3.63) is 12.2 Å². The summed E-state index contributed by atoms with van der Waals surface area (Å²) in [6.45, 7) is 6.14. The number of rotatable bonds is 4. The standard InChI is InChI=1S/C18H31NO4/c1-10(2)14-9-13-17(22-6)12-7-11(20-4)8-15(21-5)16(12)19(3)18(13)23-14/h11-18H,1,7-9H2,2-6H3. The van der Waals surface area contributed by atoms with Gasteiger partial charge in [-0.1, -0.05) is 12.2 Å². The number of likely N-dealkylation sites (tertiary alicyclic amines) is 1. The Bertz CT molecular complexity index is 443. The van der Waals surface area contributed by atoms with Crippen LogP contribution in [0.15, 0.2) is 12.2 Å². The fraction of sp³-hybridized carbons (Fsp3) is 0.889. The zero-order valence-corrected chi connectivity index (χ0v) is 15.0. The summed E-state index contributed by atoms with van der Waals surface area (Å²) in [5.41, 5.74) is 1.10. The third kappa shape index (κ3) is 2.87. The number of likely N-dealkylation sites (N-methyl/N-ethyl adjacent to an activating group) is 1. The first kappa shape index (κ1) is 17.4. The molecule has 0 spiro atoms. The van der Waals surface area contributed by atoms with Crippen molar-refractivity contribution >= 4 is 0 Å². The first-order chi connectivity index (χ1) is 11.0. The van der Waals surface area contributed by atoms with Crippen LogP contribution in [0.1, 0.15) is 26.2 Å². The smallest absolute Gasteiger partial charge is 0.116 e. The molecule has 3 aliphatic rings. The molecule has 0 aromatic heterocycles. The van der Waals surface area contributed by atoms with Gasteiger partial charge in [-0.2, -0.15) is 0 Å². The van der Waals surface area contributed by atoms with Crippen molar-refractivity contribution in [2.75, 3.05) is 28.4 Å². The highest BCUT2D eigenvalue weighted by atomic mass is 16.5. The second kappa shape index (κ2) is 6.81. The van der Waals surface area contributed by atoms with Gasteiger partial charge in [-0.3, -0.25) is 4.90 Å². The van der Waals surface area contributed by atoms with Crippen molar-refractivity contribution in [1.82, 2.24) is 4.90 Å². The predicted molar refractivity (Wildman–Crippen MR) is 88.2 cm³/mol. The zero-order valence-electron chi connectivity index (χ0n) is 15.0. The van der Waals surface area contributed by atoms with Crippen molar-refractivity contribution in [2.24, 2.45) is 11.8 Å². The molecule has 5 nitrogen and oxygen atoms in total. The molecule has 1 aliphatic carbocycles. The van der Waals surface area contributed by atoms with E-state index in [9.17, 15) is 0 Å². The predicted octanol–water partition coefficient (Wildman–Crippen LogP) is 2.06. The molecule has 8 atom stereocenters. The van der Waals surface area contributed by atoms with E-state index in [0.717, 1.165) is 24.8 Å². The van der Waals surface area contributed by atoms with Gasteiger partial charge in [0.15, 0.2) is 0 Å². The van der Waals surface area contributed by atoms with E-state index in [2.05, 4.69) is 25.5 Å². The van der Waals surface area contributed by atoms with E-state index in [4.69, 9.17) is 18.9 Å². The maximum atomic E-state index is 6.33. The summed E-state index contributed by atoms with van der Waals surface area (Å²) < 4.78 is 23.8. The van der Waals surface area contributed by atoms with Crippen LogP contribution in [0, 0.1) is 11.8 Å². The Morgan fingerprint density at radius 3 is 2.35 bits per heavy atom. The van der Waals surface area contributed by atoms with Gasteiger partial charge in [0.2, 0.25) is 0 Å². The van der Waals surface area contributed by atoms with Gasteiger partial charge in [-0.15, -0.1) is 0 Å². The molecule has 2 saturated heterocycles. The Kier molecular flexibility index (Phi) is 5.14. The summed E-state index contributed by atoms with van der Waals surface area (Å²) in [5, 5.41) is 0. The number of piperidine rings is 1. The molecule has 3 rings (SSSR count). The largest absolute Gasteiger partial charge is 0.381 e. The SMILES string of the molecule is C=C(C)C1CC2C(OC)C3CC(OC)CC(OC)C3N(C)C2O1. The fourth-order valence-electron chi connectivity index (χ4n) is 5.07. The second-order valence-electron chi connectivity index (χ2n) is 7.38. The molecule has 2 heterocycles. The molecule has 8 unspecified atom stereocenters. The summed E-state index contributed by atoms with van der Waals surface area (Å²) in [5.74, 6) is 0.781. The molecular weight excluding hydrogens is 294 g/mol. The highest BCUT2D eigenvalue weighted by molar-refractivity contribution is 5.10. The molecule has 0 bridgehead atoms.